The van der Waals surface area contributed by atoms with E-state index in [1.165, 1.54) is 11.1 Å². The maximum Gasteiger partial charge on any atom is 0.0955 e. The fourth-order valence-electron chi connectivity index (χ4n) is 3.42. The van der Waals surface area contributed by atoms with Gasteiger partial charge in [0.05, 0.1) is 23.5 Å². The second-order valence-corrected chi connectivity index (χ2v) is 6.37. The molecule has 0 saturated carbocycles. The molecule has 1 unspecified atom stereocenters. The zero-order valence-electron chi connectivity index (χ0n) is 13.3. The molecule has 1 N–H and O–H groups in total. The number of aliphatic hydroxyl groups is 1. The second kappa shape index (κ2) is 5.80. The zero-order valence-corrected chi connectivity index (χ0v) is 13.3. The molecule has 2 heterocycles. The first-order chi connectivity index (χ1) is 11.2. The van der Waals surface area contributed by atoms with Gasteiger partial charge in [-0.3, -0.25) is 4.90 Å². The molecule has 4 rings (SSSR count). The third-order valence-electron chi connectivity index (χ3n) is 4.78. The topological polar surface area (TPSA) is 41.3 Å². The molecule has 1 aliphatic heterocycles. The number of imidazole rings is 1. The summed E-state index contributed by atoms with van der Waals surface area (Å²) >= 11 is 0. The molecule has 1 aromatic heterocycles. The summed E-state index contributed by atoms with van der Waals surface area (Å²) in [6.45, 7) is 2.58. The highest BCUT2D eigenvalue weighted by Gasteiger charge is 2.19. The van der Waals surface area contributed by atoms with Crippen LogP contribution < -0.4 is 0 Å². The van der Waals surface area contributed by atoms with Gasteiger partial charge in [0.25, 0.3) is 0 Å². The van der Waals surface area contributed by atoms with Gasteiger partial charge in [-0.1, -0.05) is 30.3 Å². The highest BCUT2D eigenvalue weighted by atomic mass is 16.3. The van der Waals surface area contributed by atoms with Crippen molar-refractivity contribution in [2.75, 3.05) is 13.1 Å². The lowest BCUT2D eigenvalue weighted by molar-refractivity contribution is 0.106. The summed E-state index contributed by atoms with van der Waals surface area (Å²) in [4.78, 5) is 6.71. The predicted molar refractivity (Wildman–Crippen MR) is 91.1 cm³/mol. The van der Waals surface area contributed by atoms with Gasteiger partial charge in [-0.25, -0.2) is 4.98 Å². The van der Waals surface area contributed by atoms with Gasteiger partial charge in [0.1, 0.15) is 0 Å². The third-order valence-corrected chi connectivity index (χ3v) is 4.78. The monoisotopic (exact) mass is 307 g/mol. The molecule has 2 aromatic carbocycles. The van der Waals surface area contributed by atoms with Gasteiger partial charge in [-0.2, -0.15) is 0 Å². The van der Waals surface area contributed by atoms with Crippen molar-refractivity contribution in [1.82, 2.24) is 14.5 Å². The van der Waals surface area contributed by atoms with Gasteiger partial charge >= 0.3 is 0 Å². The highest BCUT2D eigenvalue weighted by molar-refractivity contribution is 5.76. The minimum atomic E-state index is -0.480. The van der Waals surface area contributed by atoms with Crippen LogP contribution in [-0.4, -0.2) is 32.6 Å². The molecular formula is C19H21N3O. The van der Waals surface area contributed by atoms with E-state index >= 15 is 0 Å². The first kappa shape index (κ1) is 14.4. The van der Waals surface area contributed by atoms with Crippen LogP contribution in [0.5, 0.6) is 0 Å². The molecule has 0 spiro atoms. The summed E-state index contributed by atoms with van der Waals surface area (Å²) < 4.78 is 1.99. The molecule has 0 saturated heterocycles. The van der Waals surface area contributed by atoms with Crippen molar-refractivity contribution >= 4 is 11.0 Å². The molecule has 3 aromatic rings. The van der Waals surface area contributed by atoms with E-state index in [2.05, 4.69) is 34.1 Å². The van der Waals surface area contributed by atoms with Crippen LogP contribution in [0.1, 0.15) is 22.8 Å². The van der Waals surface area contributed by atoms with Gasteiger partial charge in [0.15, 0.2) is 0 Å². The van der Waals surface area contributed by atoms with Crippen molar-refractivity contribution in [3.05, 3.63) is 65.5 Å². The smallest absolute Gasteiger partial charge is 0.0955 e. The Morgan fingerprint density at radius 3 is 2.87 bits per heavy atom. The molecule has 4 nitrogen and oxygen atoms in total. The van der Waals surface area contributed by atoms with Crippen LogP contribution in [0.2, 0.25) is 0 Å². The van der Waals surface area contributed by atoms with E-state index in [9.17, 15) is 5.11 Å². The Balaban J connectivity index is 1.50. The molecule has 0 radical (unpaired) electrons. The Kier molecular flexibility index (Phi) is 3.63. The Morgan fingerprint density at radius 2 is 2.00 bits per heavy atom. The van der Waals surface area contributed by atoms with Gasteiger partial charge in [0.2, 0.25) is 0 Å². The van der Waals surface area contributed by atoms with E-state index in [0.717, 1.165) is 36.1 Å². The number of nitrogens with zero attached hydrogens (tertiary/aromatic N) is 3. The van der Waals surface area contributed by atoms with Crippen LogP contribution in [-0.2, 0) is 20.0 Å². The molecule has 23 heavy (non-hydrogen) atoms. The first-order valence-corrected chi connectivity index (χ1v) is 8.09. The van der Waals surface area contributed by atoms with E-state index in [-0.39, 0.29) is 0 Å². The molecule has 118 valence electrons. The fraction of sp³-hybridized carbons (Fsp3) is 0.316. The van der Waals surface area contributed by atoms with E-state index in [1.807, 2.05) is 36.1 Å². The largest absolute Gasteiger partial charge is 0.387 e. The van der Waals surface area contributed by atoms with Crippen molar-refractivity contribution in [3.8, 4) is 0 Å². The van der Waals surface area contributed by atoms with Crippen LogP contribution in [0, 0.1) is 0 Å². The number of aliphatic hydroxyl groups excluding tert-OH is 1. The van der Waals surface area contributed by atoms with E-state index in [1.54, 1.807) is 0 Å². The van der Waals surface area contributed by atoms with Gasteiger partial charge in [-0.15, -0.1) is 0 Å². The lowest BCUT2D eigenvalue weighted by Crippen LogP contribution is -2.33. The summed E-state index contributed by atoms with van der Waals surface area (Å²) in [5.41, 5.74) is 5.79. The normalized spacial score (nSPS) is 16.4. The number of rotatable bonds is 3. The number of aryl methyl sites for hydroxylation is 1. The number of fused-ring (bicyclic) bond motifs is 2. The van der Waals surface area contributed by atoms with Crippen LogP contribution in [0.3, 0.4) is 0 Å². The molecule has 0 amide bonds. The molecule has 1 aliphatic rings. The van der Waals surface area contributed by atoms with Crippen molar-refractivity contribution in [2.45, 2.75) is 19.1 Å². The highest BCUT2D eigenvalue weighted by Crippen LogP contribution is 2.23. The summed E-state index contributed by atoms with van der Waals surface area (Å²) in [6.07, 6.45) is 2.39. The summed E-state index contributed by atoms with van der Waals surface area (Å²) in [6, 6.07) is 14.6. The van der Waals surface area contributed by atoms with Crippen LogP contribution in [0.25, 0.3) is 11.0 Å². The van der Waals surface area contributed by atoms with E-state index < -0.39 is 6.10 Å². The molecule has 0 aliphatic carbocycles. The van der Waals surface area contributed by atoms with Crippen molar-refractivity contribution in [3.63, 3.8) is 0 Å². The number of benzene rings is 2. The van der Waals surface area contributed by atoms with Crippen molar-refractivity contribution in [1.29, 1.82) is 0 Å². The average Bonchev–Trinajstić information content (AvgIpc) is 2.95. The Morgan fingerprint density at radius 1 is 1.17 bits per heavy atom. The van der Waals surface area contributed by atoms with Gasteiger partial charge in [-0.05, 0) is 35.2 Å². The Hall–Kier alpha value is -2.17. The summed E-state index contributed by atoms with van der Waals surface area (Å²) in [7, 11) is 1.98. The molecule has 0 bridgehead atoms. The van der Waals surface area contributed by atoms with Crippen molar-refractivity contribution < 1.29 is 5.11 Å². The van der Waals surface area contributed by atoms with Crippen LogP contribution in [0.15, 0.2) is 48.8 Å². The molecule has 0 fully saturated rings. The Labute approximate surface area is 136 Å². The van der Waals surface area contributed by atoms with E-state index in [4.69, 9.17) is 0 Å². The van der Waals surface area contributed by atoms with Gasteiger partial charge < -0.3 is 9.67 Å². The molecule has 1 atom stereocenters. The van der Waals surface area contributed by atoms with Crippen molar-refractivity contribution in [2.24, 2.45) is 7.05 Å². The van der Waals surface area contributed by atoms with Gasteiger partial charge in [0, 0.05) is 26.7 Å². The SMILES string of the molecule is Cn1cnc2cc(C(O)CN3CCc4ccccc4C3)ccc21. The number of β-amino-alcohol motifs (C(OH)–C–C–N with tert-alkyl or cyclic N) is 1. The maximum absolute atomic E-state index is 10.6. The lowest BCUT2D eigenvalue weighted by atomic mass is 9.99. The van der Waals surface area contributed by atoms with E-state index in [0.29, 0.717) is 6.54 Å². The average molecular weight is 307 g/mol. The lowest BCUT2D eigenvalue weighted by Gasteiger charge is -2.30. The second-order valence-electron chi connectivity index (χ2n) is 6.37. The predicted octanol–water partition coefficient (Wildman–Crippen LogP) is 2.67. The van der Waals surface area contributed by atoms with Crippen LogP contribution in [0.4, 0.5) is 0 Å². The third kappa shape index (κ3) is 2.76. The number of hydrogen-bond donors (Lipinski definition) is 1. The maximum atomic E-state index is 10.6. The fourth-order valence-corrected chi connectivity index (χ4v) is 3.42. The minimum Gasteiger partial charge on any atom is -0.387 e. The number of aromatic nitrogens is 2. The Bertz CT molecular complexity index is 840. The molecule has 4 heteroatoms. The first-order valence-electron chi connectivity index (χ1n) is 8.09. The molecular weight excluding hydrogens is 286 g/mol. The standard InChI is InChI=1S/C19H21N3O/c1-21-13-20-17-10-15(6-7-18(17)21)19(23)12-22-9-8-14-4-2-3-5-16(14)11-22/h2-7,10,13,19,23H,8-9,11-12H2,1H3. The van der Waals surface area contributed by atoms with Crippen LogP contribution >= 0.6 is 0 Å². The minimum absolute atomic E-state index is 0.480. The number of hydrogen-bond acceptors (Lipinski definition) is 3. The summed E-state index contributed by atoms with van der Waals surface area (Å²) in [5, 5.41) is 10.6. The quantitative estimate of drug-likeness (QED) is 0.809. The zero-order chi connectivity index (χ0) is 15.8. The summed E-state index contributed by atoms with van der Waals surface area (Å²) in [5.74, 6) is 0.